The van der Waals surface area contributed by atoms with E-state index in [4.69, 9.17) is 11.5 Å². The average molecular weight is 869 g/mol. The Hall–Kier alpha value is -5.95. The Bertz CT molecular complexity index is 2270. The zero-order valence-corrected chi connectivity index (χ0v) is 37.4. The van der Waals surface area contributed by atoms with Crippen LogP contribution in [0.1, 0.15) is 87.7 Å². The third kappa shape index (κ3) is 12.1. The first-order chi connectivity index (χ1) is 29.2. The number of carbonyl (C=O) groups excluding carboxylic acids is 3. The normalized spacial score (nSPS) is 14.4. The van der Waals surface area contributed by atoms with E-state index in [-0.39, 0.29) is 17.3 Å². The van der Waals surface area contributed by atoms with Gasteiger partial charge in [0.1, 0.15) is 21.6 Å². The van der Waals surface area contributed by atoms with Gasteiger partial charge in [-0.15, -0.1) is 0 Å². The van der Waals surface area contributed by atoms with E-state index in [0.29, 0.717) is 29.3 Å². The molecule has 324 valence electrons. The number of carbonyl (C=O) groups is 3. The van der Waals surface area contributed by atoms with E-state index in [9.17, 15) is 14.4 Å². The van der Waals surface area contributed by atoms with Gasteiger partial charge in [-0.05, 0) is 111 Å². The molecule has 1 saturated carbocycles. The standard InChI is InChI=1S/C25H32N8O2S.C17H24N6OS/c1-16-13-21(36-30-16)29-24-22(23(26)34)27-14-20(28-24)32(4)15-17-9-11-33(12-10-17)25(35)18-5-7-19(8-6-18)31(2)3;1-11-8-14(25-22-11)21-17-15(16(18)24)19-9-13(20-17)23(2)10-12-6-4-3-5-7-12/h5-8,13-14,17H,9-12,15H2,1-4H3,(H2,26,34)(H,28,29);8-9,12H,3-7,10H2,1-2H3,(H2,18,24)(H,20,21). The largest absolute Gasteiger partial charge is 0.378 e. The number of likely N-dealkylation sites (tertiary alicyclic amines) is 1. The lowest BCUT2D eigenvalue weighted by atomic mass is 9.89. The summed E-state index contributed by atoms with van der Waals surface area (Å²) in [5.74, 6) is 2.01. The first-order valence-corrected chi connectivity index (χ1v) is 22.0. The van der Waals surface area contributed by atoms with Gasteiger partial charge in [0.05, 0.1) is 23.8 Å². The molecule has 5 heterocycles. The van der Waals surface area contributed by atoms with Gasteiger partial charge in [-0.3, -0.25) is 14.4 Å². The summed E-state index contributed by atoms with van der Waals surface area (Å²) in [5, 5.41) is 7.82. The van der Waals surface area contributed by atoms with Crippen LogP contribution in [0.15, 0.2) is 48.8 Å². The smallest absolute Gasteiger partial charge is 0.271 e. The molecule has 19 heteroatoms. The lowest BCUT2D eigenvalue weighted by Crippen LogP contribution is -2.41. The van der Waals surface area contributed by atoms with Crippen molar-refractivity contribution in [2.45, 2.75) is 58.8 Å². The summed E-state index contributed by atoms with van der Waals surface area (Å²) in [6, 6.07) is 11.5. The lowest BCUT2D eigenvalue weighted by Gasteiger charge is -2.34. The summed E-state index contributed by atoms with van der Waals surface area (Å²) in [7, 11) is 7.94. The van der Waals surface area contributed by atoms with Crippen molar-refractivity contribution in [3.05, 3.63) is 77.1 Å². The zero-order chi connectivity index (χ0) is 43.6. The summed E-state index contributed by atoms with van der Waals surface area (Å²) in [6.45, 7) is 6.96. The molecule has 1 aliphatic carbocycles. The topological polar surface area (TPSA) is 218 Å². The van der Waals surface area contributed by atoms with E-state index in [1.165, 1.54) is 55.2 Å². The molecule has 1 aliphatic heterocycles. The number of piperidine rings is 1. The van der Waals surface area contributed by atoms with E-state index in [1.807, 2.05) is 93.1 Å². The van der Waals surface area contributed by atoms with Gasteiger partial charge in [0.15, 0.2) is 23.0 Å². The maximum Gasteiger partial charge on any atom is 0.271 e. The van der Waals surface area contributed by atoms with Gasteiger partial charge in [-0.2, -0.15) is 8.75 Å². The van der Waals surface area contributed by atoms with Gasteiger partial charge in [0.25, 0.3) is 17.7 Å². The molecule has 0 bridgehead atoms. The number of rotatable bonds is 14. The van der Waals surface area contributed by atoms with Gasteiger partial charge in [-0.25, -0.2) is 19.9 Å². The van der Waals surface area contributed by atoms with Gasteiger partial charge < -0.3 is 41.7 Å². The van der Waals surface area contributed by atoms with Crippen molar-refractivity contribution in [3.8, 4) is 0 Å². The lowest BCUT2D eigenvalue weighted by molar-refractivity contribution is 0.0692. The monoisotopic (exact) mass is 868 g/mol. The fourth-order valence-corrected chi connectivity index (χ4v) is 8.80. The number of nitrogens with two attached hydrogens (primary N) is 2. The molecule has 0 atom stereocenters. The molecule has 5 aromatic rings. The molecule has 0 radical (unpaired) electrons. The number of nitrogens with zero attached hydrogens (tertiary/aromatic N) is 10. The minimum Gasteiger partial charge on any atom is -0.378 e. The molecule has 1 aromatic carbocycles. The van der Waals surface area contributed by atoms with Crippen LogP contribution in [0.3, 0.4) is 0 Å². The molecule has 7 rings (SSSR count). The summed E-state index contributed by atoms with van der Waals surface area (Å²) < 4.78 is 8.47. The zero-order valence-electron chi connectivity index (χ0n) is 35.7. The molecule has 0 spiro atoms. The Labute approximate surface area is 365 Å². The van der Waals surface area contributed by atoms with Crippen molar-refractivity contribution in [1.29, 1.82) is 0 Å². The van der Waals surface area contributed by atoms with Crippen LogP contribution in [0, 0.1) is 25.7 Å². The fraction of sp³-hybridized carbons (Fsp3) is 0.452. The molecule has 2 aliphatic rings. The summed E-state index contributed by atoms with van der Waals surface area (Å²) in [4.78, 5) is 62.3. The van der Waals surface area contributed by atoms with Crippen LogP contribution in [0.25, 0.3) is 0 Å². The Morgan fingerprint density at radius 2 is 1.16 bits per heavy atom. The van der Waals surface area contributed by atoms with Crippen molar-refractivity contribution in [3.63, 3.8) is 0 Å². The van der Waals surface area contributed by atoms with Crippen LogP contribution in [-0.4, -0.2) is 106 Å². The van der Waals surface area contributed by atoms with E-state index in [1.54, 1.807) is 12.4 Å². The number of hydrogen-bond acceptors (Lipinski definition) is 16. The number of amides is 3. The van der Waals surface area contributed by atoms with Crippen LogP contribution < -0.4 is 36.8 Å². The summed E-state index contributed by atoms with van der Waals surface area (Å²) in [6.07, 6.45) is 11.5. The second kappa shape index (κ2) is 20.5. The highest BCUT2D eigenvalue weighted by Gasteiger charge is 2.26. The summed E-state index contributed by atoms with van der Waals surface area (Å²) in [5.41, 5.74) is 14.7. The maximum atomic E-state index is 12.9. The summed E-state index contributed by atoms with van der Waals surface area (Å²) >= 11 is 2.59. The van der Waals surface area contributed by atoms with Crippen molar-refractivity contribution >= 4 is 79.7 Å². The van der Waals surface area contributed by atoms with Gasteiger partial charge in [0, 0.05) is 65.6 Å². The Balaban J connectivity index is 0.000000218. The van der Waals surface area contributed by atoms with E-state index < -0.39 is 11.8 Å². The second-order valence-electron chi connectivity index (χ2n) is 15.9. The fourth-order valence-electron chi connectivity index (χ4n) is 7.48. The predicted molar refractivity (Wildman–Crippen MR) is 244 cm³/mol. The van der Waals surface area contributed by atoms with Crippen LogP contribution >= 0.6 is 23.1 Å². The highest BCUT2D eigenvalue weighted by atomic mass is 32.1. The van der Waals surface area contributed by atoms with E-state index in [0.717, 1.165) is 77.5 Å². The van der Waals surface area contributed by atoms with Crippen LogP contribution in [-0.2, 0) is 0 Å². The molecule has 17 nitrogen and oxygen atoms in total. The number of primary amides is 2. The predicted octanol–water partition coefficient (Wildman–Crippen LogP) is 6.24. The number of hydrogen-bond donors (Lipinski definition) is 4. The third-order valence-corrected chi connectivity index (χ3v) is 12.4. The molecule has 3 amide bonds. The van der Waals surface area contributed by atoms with Crippen LogP contribution in [0.2, 0.25) is 0 Å². The second-order valence-corrected chi connectivity index (χ2v) is 17.5. The molecule has 61 heavy (non-hydrogen) atoms. The molecule has 2 fully saturated rings. The van der Waals surface area contributed by atoms with Crippen LogP contribution in [0.5, 0.6) is 0 Å². The van der Waals surface area contributed by atoms with Gasteiger partial charge >= 0.3 is 0 Å². The van der Waals surface area contributed by atoms with E-state index in [2.05, 4.69) is 44.2 Å². The minimum absolute atomic E-state index is 0.0778. The molecular formula is C42H56N14O3S2. The average Bonchev–Trinajstić information content (AvgIpc) is 3.87. The number of aromatic nitrogens is 6. The third-order valence-electron chi connectivity index (χ3n) is 10.8. The SMILES string of the molecule is Cc1cc(Nc2nc(N(C)CC3CCCCC3)cnc2C(N)=O)sn1.Cc1cc(Nc2nc(N(C)CC3CCN(C(=O)c4ccc(N(C)C)cc4)CC3)cnc2C(N)=O)sn1. The Morgan fingerprint density at radius 3 is 1.57 bits per heavy atom. The highest BCUT2D eigenvalue weighted by Crippen LogP contribution is 2.29. The first-order valence-electron chi connectivity index (χ1n) is 20.5. The van der Waals surface area contributed by atoms with Crippen molar-refractivity contribution in [2.75, 3.05) is 79.7 Å². The van der Waals surface area contributed by atoms with Crippen molar-refractivity contribution < 1.29 is 14.4 Å². The Kier molecular flexibility index (Phi) is 15.0. The number of aryl methyl sites for hydroxylation is 2. The molecule has 1 saturated heterocycles. The van der Waals surface area contributed by atoms with Crippen molar-refractivity contribution in [2.24, 2.45) is 23.3 Å². The molecule has 6 N–H and O–H groups in total. The van der Waals surface area contributed by atoms with Crippen molar-refractivity contribution in [1.82, 2.24) is 33.6 Å². The van der Waals surface area contributed by atoms with Gasteiger partial charge in [0.2, 0.25) is 0 Å². The molecular weight excluding hydrogens is 813 g/mol. The molecule has 0 unspecified atom stereocenters. The maximum absolute atomic E-state index is 12.9. The Morgan fingerprint density at radius 1 is 0.705 bits per heavy atom. The quantitative estimate of drug-likeness (QED) is 0.0972. The number of benzene rings is 1. The van der Waals surface area contributed by atoms with E-state index >= 15 is 0 Å². The first kappa shape index (κ1) is 44.6. The molecule has 4 aromatic heterocycles. The number of nitrogens with one attached hydrogen (secondary N) is 2. The minimum atomic E-state index is -0.645. The number of anilines is 7. The van der Waals surface area contributed by atoms with Gasteiger partial charge in [-0.1, -0.05) is 19.3 Å². The highest BCUT2D eigenvalue weighted by molar-refractivity contribution is 7.10. The van der Waals surface area contributed by atoms with Crippen LogP contribution in [0.4, 0.5) is 39.0 Å².